The van der Waals surface area contributed by atoms with Crippen LogP contribution in [0.5, 0.6) is 0 Å². The first-order valence-electron chi connectivity index (χ1n) is 1.79. The summed E-state index contributed by atoms with van der Waals surface area (Å²) in [5, 5.41) is 0. The van der Waals surface area contributed by atoms with E-state index in [1.165, 1.54) is 0 Å². The van der Waals surface area contributed by atoms with E-state index in [-0.39, 0.29) is 28.5 Å². The second-order valence-corrected chi connectivity index (χ2v) is 2.37. The molecular formula is C4H12BLi. The second-order valence-electron chi connectivity index (χ2n) is 2.37. The number of hydrogen-bond donors (Lipinski definition) is 0. The fourth-order valence-electron chi connectivity index (χ4n) is 0. The Bertz CT molecular complexity index is 31.3. The topological polar surface area (TPSA) is 0 Å². The third kappa shape index (κ3) is 143. The predicted molar refractivity (Wildman–Crippen MR) is 28.8 cm³/mol. The Morgan fingerprint density at radius 3 is 1.33 bits per heavy atom. The first kappa shape index (κ1) is 9.83. The van der Waals surface area contributed by atoms with Gasteiger partial charge in [-0.2, -0.15) is 0 Å². The Morgan fingerprint density at radius 1 is 1.33 bits per heavy atom. The van der Waals surface area contributed by atoms with Gasteiger partial charge < -0.3 is 4.28 Å². The van der Waals surface area contributed by atoms with Crippen molar-refractivity contribution >= 4 is 7.85 Å². The van der Waals surface area contributed by atoms with Crippen molar-refractivity contribution in [1.29, 1.82) is 0 Å². The molecule has 0 rings (SSSR count). The Hall–Kier alpha value is 0.662. The maximum atomic E-state index is 5.35. The third-order valence-corrected chi connectivity index (χ3v) is 0. The maximum absolute atomic E-state index is 5.35. The fourth-order valence-corrected chi connectivity index (χ4v) is 0. The fraction of sp³-hybridized carbons (Fsp3) is 1.00. The SMILES string of the molecule is [B+2]C(C)(C)C.[H-].[H-].[H-].[Li+]. The van der Waals surface area contributed by atoms with Gasteiger partial charge in [0, 0.05) is 0 Å². The van der Waals surface area contributed by atoms with E-state index in [4.69, 9.17) is 7.85 Å². The van der Waals surface area contributed by atoms with Gasteiger partial charge >= 0.3 is 52.8 Å². The molecule has 0 saturated carbocycles. The second kappa shape index (κ2) is 2.77. The molecule has 0 aliphatic heterocycles. The molecule has 0 spiro atoms. The van der Waals surface area contributed by atoms with E-state index >= 15 is 0 Å². The minimum absolute atomic E-state index is 0. The summed E-state index contributed by atoms with van der Waals surface area (Å²) < 4.78 is 0. The van der Waals surface area contributed by atoms with E-state index in [1.807, 2.05) is 20.8 Å². The molecule has 0 amide bonds. The normalized spacial score (nSPS) is 10.2. The zero-order chi connectivity index (χ0) is 4.50. The Morgan fingerprint density at radius 2 is 1.33 bits per heavy atom. The molecule has 0 aliphatic carbocycles. The van der Waals surface area contributed by atoms with E-state index < -0.39 is 0 Å². The van der Waals surface area contributed by atoms with Gasteiger partial charge in [0.2, 0.25) is 0 Å². The Balaban J connectivity index is -0.0000000133. The van der Waals surface area contributed by atoms with Gasteiger partial charge in [-0.1, -0.05) is 0 Å². The standard InChI is InChI=1S/C4H9B.Li.3H/c1-4(2,3)5;;;;/h1-3H3;;;;/q+2;+1;3*-1. The van der Waals surface area contributed by atoms with Crippen LogP contribution in [0.2, 0.25) is 5.31 Å². The van der Waals surface area contributed by atoms with Crippen LogP contribution in [0.4, 0.5) is 0 Å². The molecule has 0 saturated heterocycles. The summed E-state index contributed by atoms with van der Waals surface area (Å²) >= 11 is 0. The maximum Gasteiger partial charge on any atom is 1.00 e. The molecule has 32 valence electrons. The molecule has 0 aromatic rings. The largest absolute Gasteiger partial charge is 1.00 e. The zero-order valence-electron chi connectivity index (χ0n) is 8.08. The summed E-state index contributed by atoms with van der Waals surface area (Å²) in [5.74, 6) is 0. The van der Waals surface area contributed by atoms with Gasteiger partial charge in [-0.15, -0.1) is 0 Å². The molecule has 0 N–H and O–H groups in total. The van der Waals surface area contributed by atoms with Crippen molar-refractivity contribution < 1.29 is 23.1 Å². The van der Waals surface area contributed by atoms with E-state index in [0.29, 0.717) is 0 Å². The van der Waals surface area contributed by atoms with Gasteiger partial charge in [0.15, 0.2) is 0 Å². The van der Waals surface area contributed by atoms with Crippen LogP contribution in [-0.4, -0.2) is 7.85 Å². The average molecular weight is 77.9 g/mol. The van der Waals surface area contributed by atoms with E-state index in [2.05, 4.69) is 0 Å². The molecule has 0 heterocycles. The zero-order valence-corrected chi connectivity index (χ0v) is 5.08. The van der Waals surface area contributed by atoms with Crippen LogP contribution in [0.15, 0.2) is 0 Å². The summed E-state index contributed by atoms with van der Waals surface area (Å²) in [4.78, 5) is 0. The van der Waals surface area contributed by atoms with Crippen LogP contribution >= 0.6 is 0 Å². The minimum Gasteiger partial charge on any atom is -1.00 e. The van der Waals surface area contributed by atoms with Crippen LogP contribution in [0.25, 0.3) is 0 Å². The molecule has 0 aliphatic rings. The summed E-state index contributed by atoms with van der Waals surface area (Å²) in [7, 11) is 5.35. The Labute approximate surface area is 57.7 Å². The summed E-state index contributed by atoms with van der Waals surface area (Å²) in [6.45, 7) is 5.90. The van der Waals surface area contributed by atoms with Crippen molar-refractivity contribution in [3.63, 3.8) is 0 Å². The van der Waals surface area contributed by atoms with Gasteiger partial charge in [0.05, 0.1) is 0 Å². The van der Waals surface area contributed by atoms with Crippen molar-refractivity contribution in [2.24, 2.45) is 0 Å². The minimum atomic E-state index is 0. The van der Waals surface area contributed by atoms with Crippen LogP contribution in [0.3, 0.4) is 0 Å². The summed E-state index contributed by atoms with van der Waals surface area (Å²) in [5.41, 5.74) is 0. The van der Waals surface area contributed by atoms with Crippen LogP contribution in [0, 0.1) is 0 Å². The van der Waals surface area contributed by atoms with E-state index in [9.17, 15) is 0 Å². The third-order valence-electron chi connectivity index (χ3n) is 0. The van der Waals surface area contributed by atoms with Crippen LogP contribution in [-0.2, 0) is 0 Å². The molecule has 0 aromatic heterocycles. The summed E-state index contributed by atoms with van der Waals surface area (Å²) in [6.07, 6.45) is 0. The quantitative estimate of drug-likeness (QED) is 0.316. The van der Waals surface area contributed by atoms with Gasteiger partial charge in [-0.05, 0) is 0 Å². The molecular weight excluding hydrogens is 65.8 g/mol. The van der Waals surface area contributed by atoms with Crippen molar-refractivity contribution in [1.82, 2.24) is 0 Å². The molecule has 0 radical (unpaired) electrons. The molecule has 0 unspecified atom stereocenters. The molecule has 0 atom stereocenters. The van der Waals surface area contributed by atoms with Crippen LogP contribution in [0.1, 0.15) is 25.1 Å². The predicted octanol–water partition coefficient (Wildman–Crippen LogP) is -1.29. The summed E-state index contributed by atoms with van der Waals surface area (Å²) in [6, 6.07) is 0. The van der Waals surface area contributed by atoms with Crippen molar-refractivity contribution in [3.8, 4) is 0 Å². The molecule has 6 heavy (non-hydrogen) atoms. The smallest absolute Gasteiger partial charge is 1.00 e. The van der Waals surface area contributed by atoms with E-state index in [1.54, 1.807) is 0 Å². The molecule has 0 aromatic carbocycles. The number of hydrogen-bond acceptors (Lipinski definition) is 0. The monoisotopic (exact) mass is 78.1 g/mol. The van der Waals surface area contributed by atoms with Crippen molar-refractivity contribution in [2.75, 3.05) is 0 Å². The van der Waals surface area contributed by atoms with Gasteiger partial charge in [0.1, 0.15) is 0 Å². The number of rotatable bonds is 0. The van der Waals surface area contributed by atoms with Gasteiger partial charge in [-0.25, -0.2) is 0 Å². The molecule has 0 bridgehead atoms. The van der Waals surface area contributed by atoms with Gasteiger partial charge in [0.25, 0.3) is 0 Å². The van der Waals surface area contributed by atoms with E-state index in [0.717, 1.165) is 0 Å². The molecule has 2 heteroatoms. The van der Waals surface area contributed by atoms with Crippen LogP contribution < -0.4 is 18.9 Å². The Kier molecular flexibility index (Phi) is 4.54. The first-order valence-corrected chi connectivity index (χ1v) is 1.79. The van der Waals surface area contributed by atoms with Crippen molar-refractivity contribution in [2.45, 2.75) is 26.1 Å². The first-order chi connectivity index (χ1) is 2.00. The molecule has 0 fully saturated rings. The molecule has 0 nitrogen and oxygen atoms in total. The van der Waals surface area contributed by atoms with Gasteiger partial charge in [-0.3, -0.25) is 0 Å². The average Bonchev–Trinajstić information content (AvgIpc) is 0.722. The van der Waals surface area contributed by atoms with Crippen molar-refractivity contribution in [3.05, 3.63) is 0 Å².